The van der Waals surface area contributed by atoms with E-state index in [4.69, 9.17) is 0 Å². The van der Waals surface area contributed by atoms with Crippen LogP contribution in [0.25, 0.3) is 0 Å². The average Bonchev–Trinajstić information content (AvgIpc) is 2.05. The molecule has 0 aliphatic carbocycles. The predicted molar refractivity (Wildman–Crippen MR) is 55.0 cm³/mol. The van der Waals surface area contributed by atoms with Crippen molar-refractivity contribution in [2.24, 2.45) is 0 Å². The van der Waals surface area contributed by atoms with Crippen LogP contribution in [0, 0.1) is 6.92 Å². The largest absolute Gasteiger partial charge is 0.393 e. The first kappa shape index (κ1) is 12.1. The molecule has 0 aromatic heterocycles. The molecule has 1 aromatic rings. The van der Waals surface area contributed by atoms with Crippen molar-refractivity contribution in [3.05, 3.63) is 34.9 Å². The second kappa shape index (κ2) is 4.25. The SMILES string of the molecule is Cc1cc(C(C)C)ccc1CC(F)(F)F. The van der Waals surface area contributed by atoms with Gasteiger partial charge in [-0.15, -0.1) is 0 Å². The van der Waals surface area contributed by atoms with Gasteiger partial charge in [-0.25, -0.2) is 0 Å². The fourth-order valence-corrected chi connectivity index (χ4v) is 1.49. The molecule has 0 bridgehead atoms. The standard InChI is InChI=1S/C12H15F3/c1-8(2)10-4-5-11(9(3)6-10)7-12(13,14)15/h4-6,8H,7H2,1-3H3. The van der Waals surface area contributed by atoms with Gasteiger partial charge in [0.2, 0.25) is 0 Å². The highest BCUT2D eigenvalue weighted by Crippen LogP contribution is 2.25. The maximum absolute atomic E-state index is 12.2. The number of hydrogen-bond acceptors (Lipinski definition) is 0. The van der Waals surface area contributed by atoms with E-state index in [-0.39, 0.29) is 0 Å². The van der Waals surface area contributed by atoms with E-state index < -0.39 is 12.6 Å². The summed E-state index contributed by atoms with van der Waals surface area (Å²) in [5, 5.41) is 0. The summed E-state index contributed by atoms with van der Waals surface area (Å²) >= 11 is 0. The van der Waals surface area contributed by atoms with Crippen molar-refractivity contribution in [1.82, 2.24) is 0 Å². The molecule has 0 aliphatic heterocycles. The highest BCUT2D eigenvalue weighted by molar-refractivity contribution is 5.33. The second-order valence-electron chi connectivity index (χ2n) is 4.13. The zero-order valence-electron chi connectivity index (χ0n) is 9.15. The zero-order valence-corrected chi connectivity index (χ0v) is 9.15. The maximum Gasteiger partial charge on any atom is 0.393 e. The Labute approximate surface area is 88.1 Å². The molecule has 0 radical (unpaired) electrons. The summed E-state index contributed by atoms with van der Waals surface area (Å²) in [6, 6.07) is 5.20. The van der Waals surface area contributed by atoms with Crippen molar-refractivity contribution in [1.29, 1.82) is 0 Å². The van der Waals surface area contributed by atoms with Crippen molar-refractivity contribution in [3.8, 4) is 0 Å². The Hall–Kier alpha value is -0.990. The Bertz CT molecular complexity index is 337. The van der Waals surface area contributed by atoms with Gasteiger partial charge in [0, 0.05) is 0 Å². The summed E-state index contributed by atoms with van der Waals surface area (Å²) in [5.74, 6) is 0.351. The molecule has 0 atom stereocenters. The fourth-order valence-electron chi connectivity index (χ4n) is 1.49. The van der Waals surface area contributed by atoms with Gasteiger partial charge in [-0.1, -0.05) is 32.0 Å². The monoisotopic (exact) mass is 216 g/mol. The number of benzene rings is 1. The Balaban J connectivity index is 2.94. The lowest BCUT2D eigenvalue weighted by Crippen LogP contribution is -2.12. The lowest BCUT2D eigenvalue weighted by atomic mass is 9.97. The van der Waals surface area contributed by atoms with Crippen LogP contribution < -0.4 is 0 Å². The van der Waals surface area contributed by atoms with E-state index in [9.17, 15) is 13.2 Å². The summed E-state index contributed by atoms with van der Waals surface area (Å²) in [4.78, 5) is 0. The molecule has 0 fully saturated rings. The van der Waals surface area contributed by atoms with Gasteiger partial charge in [-0.3, -0.25) is 0 Å². The van der Waals surface area contributed by atoms with Crippen LogP contribution in [0.5, 0.6) is 0 Å². The van der Waals surface area contributed by atoms with Crippen LogP contribution in [0.15, 0.2) is 18.2 Å². The minimum absolute atomic E-state index is 0.351. The van der Waals surface area contributed by atoms with E-state index in [1.165, 1.54) is 0 Å². The first-order chi connectivity index (χ1) is 6.79. The molecule has 84 valence electrons. The molecule has 0 heterocycles. The maximum atomic E-state index is 12.2. The molecule has 0 unspecified atom stereocenters. The molecule has 1 rings (SSSR count). The molecule has 0 aliphatic rings. The lowest BCUT2D eigenvalue weighted by Gasteiger charge is -2.12. The minimum atomic E-state index is -4.12. The zero-order chi connectivity index (χ0) is 11.6. The van der Waals surface area contributed by atoms with E-state index in [2.05, 4.69) is 0 Å². The normalized spacial score (nSPS) is 12.2. The van der Waals surface area contributed by atoms with E-state index in [1.54, 1.807) is 19.1 Å². The number of rotatable bonds is 2. The van der Waals surface area contributed by atoms with Gasteiger partial charge in [0.1, 0.15) is 0 Å². The van der Waals surface area contributed by atoms with E-state index in [1.807, 2.05) is 19.9 Å². The number of halogens is 3. The Morgan fingerprint density at radius 1 is 1.20 bits per heavy atom. The molecule has 15 heavy (non-hydrogen) atoms. The Morgan fingerprint density at radius 3 is 2.20 bits per heavy atom. The van der Waals surface area contributed by atoms with Crippen molar-refractivity contribution >= 4 is 0 Å². The van der Waals surface area contributed by atoms with Gasteiger partial charge >= 0.3 is 6.18 Å². The molecule has 3 heteroatoms. The van der Waals surface area contributed by atoms with Crippen LogP contribution in [0.2, 0.25) is 0 Å². The molecular formula is C12H15F3. The van der Waals surface area contributed by atoms with Gasteiger partial charge in [-0.05, 0) is 29.5 Å². The smallest absolute Gasteiger partial charge is 0.171 e. The molecular weight excluding hydrogens is 201 g/mol. The third-order valence-corrected chi connectivity index (χ3v) is 2.42. The van der Waals surface area contributed by atoms with Gasteiger partial charge in [0.05, 0.1) is 6.42 Å². The lowest BCUT2D eigenvalue weighted by molar-refractivity contribution is -0.127. The van der Waals surface area contributed by atoms with Crippen LogP contribution in [0.1, 0.15) is 36.5 Å². The predicted octanol–water partition coefficient (Wildman–Crippen LogP) is 4.22. The molecule has 0 nitrogen and oxygen atoms in total. The Kier molecular flexibility index (Phi) is 3.42. The van der Waals surface area contributed by atoms with Crippen LogP contribution >= 0.6 is 0 Å². The number of alkyl halides is 3. The quantitative estimate of drug-likeness (QED) is 0.694. The summed E-state index contributed by atoms with van der Waals surface area (Å²) in [6.45, 7) is 5.78. The molecule has 0 amide bonds. The number of hydrogen-bond donors (Lipinski definition) is 0. The highest BCUT2D eigenvalue weighted by atomic mass is 19.4. The highest BCUT2D eigenvalue weighted by Gasteiger charge is 2.28. The minimum Gasteiger partial charge on any atom is -0.171 e. The first-order valence-electron chi connectivity index (χ1n) is 4.96. The molecule has 1 aromatic carbocycles. The van der Waals surface area contributed by atoms with E-state index in [0.717, 1.165) is 11.1 Å². The van der Waals surface area contributed by atoms with Crippen LogP contribution in [-0.4, -0.2) is 6.18 Å². The van der Waals surface area contributed by atoms with Crippen LogP contribution in [0.3, 0.4) is 0 Å². The Morgan fingerprint density at radius 2 is 1.80 bits per heavy atom. The topological polar surface area (TPSA) is 0 Å². The van der Waals surface area contributed by atoms with Crippen molar-refractivity contribution in [2.45, 2.75) is 39.3 Å². The molecule has 0 N–H and O–H groups in total. The van der Waals surface area contributed by atoms with E-state index >= 15 is 0 Å². The molecule has 0 saturated carbocycles. The van der Waals surface area contributed by atoms with Crippen molar-refractivity contribution in [2.75, 3.05) is 0 Å². The van der Waals surface area contributed by atoms with Crippen LogP contribution in [0.4, 0.5) is 13.2 Å². The van der Waals surface area contributed by atoms with Crippen molar-refractivity contribution < 1.29 is 13.2 Å². The van der Waals surface area contributed by atoms with Gasteiger partial charge < -0.3 is 0 Å². The summed E-state index contributed by atoms with van der Waals surface area (Å²) in [6.07, 6.45) is -4.96. The first-order valence-corrected chi connectivity index (χ1v) is 4.96. The summed E-state index contributed by atoms with van der Waals surface area (Å²) < 4.78 is 36.5. The van der Waals surface area contributed by atoms with Gasteiger partial charge in [0.15, 0.2) is 0 Å². The average molecular weight is 216 g/mol. The van der Waals surface area contributed by atoms with Gasteiger partial charge in [-0.2, -0.15) is 13.2 Å². The van der Waals surface area contributed by atoms with Gasteiger partial charge in [0.25, 0.3) is 0 Å². The number of aryl methyl sites for hydroxylation is 1. The van der Waals surface area contributed by atoms with Crippen molar-refractivity contribution in [3.63, 3.8) is 0 Å². The fraction of sp³-hybridized carbons (Fsp3) is 0.500. The summed E-state index contributed by atoms with van der Waals surface area (Å²) in [7, 11) is 0. The third kappa shape index (κ3) is 3.57. The van der Waals surface area contributed by atoms with E-state index in [0.29, 0.717) is 11.5 Å². The summed E-state index contributed by atoms with van der Waals surface area (Å²) in [5.41, 5.74) is 2.17. The second-order valence-corrected chi connectivity index (χ2v) is 4.13. The van der Waals surface area contributed by atoms with Crippen LogP contribution in [-0.2, 0) is 6.42 Å². The third-order valence-electron chi connectivity index (χ3n) is 2.42. The molecule has 0 spiro atoms. The molecule has 0 saturated heterocycles.